The van der Waals surface area contributed by atoms with E-state index < -0.39 is 0 Å². The van der Waals surface area contributed by atoms with E-state index in [9.17, 15) is 0 Å². The lowest BCUT2D eigenvalue weighted by Crippen LogP contribution is -2.14. The van der Waals surface area contributed by atoms with Crippen LogP contribution >= 0.6 is 0 Å². The second-order valence-electron chi connectivity index (χ2n) is 4.63. The van der Waals surface area contributed by atoms with Crippen molar-refractivity contribution >= 4 is 11.9 Å². The van der Waals surface area contributed by atoms with Crippen LogP contribution in [0.15, 0.2) is 40.4 Å². The Balaban J connectivity index is 2.16. The summed E-state index contributed by atoms with van der Waals surface area (Å²) in [4.78, 5) is 4.23. The Labute approximate surface area is 115 Å². The number of aliphatic imine (C=N–C) groups is 1. The van der Waals surface area contributed by atoms with E-state index >= 15 is 0 Å². The van der Waals surface area contributed by atoms with Crippen molar-refractivity contribution in [2.75, 3.05) is 13.2 Å². The summed E-state index contributed by atoms with van der Waals surface area (Å²) in [5, 5.41) is 3.66. The fourth-order valence-corrected chi connectivity index (χ4v) is 1.54. The van der Waals surface area contributed by atoms with Gasteiger partial charge in [0.05, 0.1) is 6.61 Å². The van der Waals surface area contributed by atoms with Crippen molar-refractivity contribution in [1.82, 2.24) is 0 Å². The van der Waals surface area contributed by atoms with E-state index in [1.165, 1.54) is 5.56 Å². The lowest BCUT2D eigenvalue weighted by molar-refractivity contribution is 0.170. The Morgan fingerprint density at radius 1 is 1.32 bits per heavy atom. The molecule has 0 heterocycles. The van der Waals surface area contributed by atoms with Gasteiger partial charge in [0.2, 0.25) is 0 Å². The van der Waals surface area contributed by atoms with Gasteiger partial charge in [0.15, 0.2) is 0 Å². The molecule has 0 unspecified atom stereocenters. The Kier molecular flexibility index (Phi) is 7.51. The van der Waals surface area contributed by atoms with Crippen LogP contribution in [-0.4, -0.2) is 31.2 Å². The molecule has 0 amide bonds. The first kappa shape index (κ1) is 15.4. The van der Waals surface area contributed by atoms with Crippen molar-refractivity contribution in [3.05, 3.63) is 35.9 Å². The second kappa shape index (κ2) is 9.28. The summed E-state index contributed by atoms with van der Waals surface area (Å²) in [6.45, 7) is 5.13. The number of hydrogen-bond donors (Lipinski definition) is 1. The largest absolute Gasteiger partial charge is 0.375 e. The topological polar surface area (TPSA) is 60.0 Å². The highest BCUT2D eigenvalue weighted by molar-refractivity contribution is 6.31. The average Bonchev–Trinajstić information content (AvgIpc) is 2.42. The number of benzene rings is 1. The fourth-order valence-electron chi connectivity index (χ4n) is 1.54. The molecule has 0 saturated carbocycles. The normalized spacial score (nSPS) is 12.5. The van der Waals surface area contributed by atoms with Gasteiger partial charge in [-0.1, -0.05) is 30.3 Å². The lowest BCUT2D eigenvalue weighted by Gasteiger charge is -2.04. The fraction of sp³-hybridized carbons (Fsp3) is 0.467. The highest BCUT2D eigenvalue weighted by Crippen LogP contribution is 2.02. The Bertz CT molecular complexity index is 399. The van der Waals surface area contributed by atoms with E-state index in [0.717, 1.165) is 12.8 Å². The van der Waals surface area contributed by atoms with Crippen LogP contribution in [-0.2, 0) is 11.2 Å². The quantitative estimate of drug-likeness (QED) is 0.338. The molecule has 4 nitrogen and oxygen atoms in total. The zero-order chi connectivity index (χ0) is 13.9. The van der Waals surface area contributed by atoms with Crippen LogP contribution in [0, 0.1) is 0 Å². The van der Waals surface area contributed by atoms with Gasteiger partial charge in [0.1, 0.15) is 5.71 Å². The van der Waals surface area contributed by atoms with Crippen molar-refractivity contribution < 1.29 is 4.74 Å². The predicted molar refractivity (Wildman–Crippen MR) is 80.8 cm³/mol. The van der Waals surface area contributed by atoms with Crippen LogP contribution in [0.4, 0.5) is 0 Å². The third kappa shape index (κ3) is 7.36. The SMILES string of the molecule is CC(C)N=C/C(COCCCc1ccccc1)=N\N. The molecule has 0 atom stereocenters. The van der Waals surface area contributed by atoms with E-state index in [4.69, 9.17) is 10.6 Å². The molecule has 0 saturated heterocycles. The average molecular weight is 261 g/mol. The van der Waals surface area contributed by atoms with Gasteiger partial charge in [-0.2, -0.15) is 5.10 Å². The summed E-state index contributed by atoms with van der Waals surface area (Å²) in [6, 6.07) is 10.6. The number of hydrazone groups is 1. The molecule has 0 bridgehead atoms. The Morgan fingerprint density at radius 2 is 2.05 bits per heavy atom. The monoisotopic (exact) mass is 261 g/mol. The van der Waals surface area contributed by atoms with Crippen LogP contribution in [0.5, 0.6) is 0 Å². The van der Waals surface area contributed by atoms with Crippen molar-refractivity contribution in [1.29, 1.82) is 0 Å². The molecule has 19 heavy (non-hydrogen) atoms. The Morgan fingerprint density at radius 3 is 2.68 bits per heavy atom. The molecule has 2 N–H and O–H groups in total. The summed E-state index contributed by atoms with van der Waals surface area (Å²) in [5.74, 6) is 5.28. The summed E-state index contributed by atoms with van der Waals surface area (Å²) in [6.07, 6.45) is 3.70. The molecule has 1 aromatic carbocycles. The van der Waals surface area contributed by atoms with Crippen LogP contribution < -0.4 is 5.84 Å². The maximum atomic E-state index is 5.54. The van der Waals surface area contributed by atoms with E-state index in [1.54, 1.807) is 6.21 Å². The first-order valence-electron chi connectivity index (χ1n) is 6.64. The minimum absolute atomic E-state index is 0.245. The summed E-state index contributed by atoms with van der Waals surface area (Å²) in [5.41, 5.74) is 2.01. The van der Waals surface area contributed by atoms with Gasteiger partial charge in [-0.25, -0.2) is 0 Å². The van der Waals surface area contributed by atoms with Crippen LogP contribution in [0.25, 0.3) is 0 Å². The third-order valence-electron chi connectivity index (χ3n) is 2.53. The zero-order valence-corrected chi connectivity index (χ0v) is 11.7. The highest BCUT2D eigenvalue weighted by Gasteiger charge is 1.97. The predicted octanol–water partition coefficient (Wildman–Crippen LogP) is 2.43. The second-order valence-corrected chi connectivity index (χ2v) is 4.63. The van der Waals surface area contributed by atoms with Gasteiger partial charge in [-0.3, -0.25) is 4.99 Å². The number of ether oxygens (including phenoxy) is 1. The van der Waals surface area contributed by atoms with E-state index in [2.05, 4.69) is 34.4 Å². The number of aryl methyl sites for hydroxylation is 1. The zero-order valence-electron chi connectivity index (χ0n) is 11.7. The molecular formula is C15H23N3O. The van der Waals surface area contributed by atoms with Crippen molar-refractivity contribution in [3.63, 3.8) is 0 Å². The van der Waals surface area contributed by atoms with Crippen LogP contribution in [0.2, 0.25) is 0 Å². The summed E-state index contributed by atoms with van der Waals surface area (Å²) < 4.78 is 5.54. The molecule has 1 aromatic rings. The van der Waals surface area contributed by atoms with Gasteiger partial charge < -0.3 is 10.6 Å². The first-order valence-corrected chi connectivity index (χ1v) is 6.64. The maximum Gasteiger partial charge on any atom is 0.103 e. The molecule has 104 valence electrons. The van der Waals surface area contributed by atoms with E-state index in [-0.39, 0.29) is 6.04 Å². The number of rotatable bonds is 8. The van der Waals surface area contributed by atoms with Gasteiger partial charge >= 0.3 is 0 Å². The van der Waals surface area contributed by atoms with Crippen LogP contribution in [0.3, 0.4) is 0 Å². The molecule has 0 aromatic heterocycles. The van der Waals surface area contributed by atoms with Gasteiger partial charge in [-0.15, -0.1) is 0 Å². The summed E-state index contributed by atoms with van der Waals surface area (Å²) >= 11 is 0. The van der Waals surface area contributed by atoms with Crippen molar-refractivity contribution in [3.8, 4) is 0 Å². The van der Waals surface area contributed by atoms with E-state index in [1.807, 2.05) is 19.9 Å². The van der Waals surface area contributed by atoms with Crippen LogP contribution in [0.1, 0.15) is 25.8 Å². The minimum Gasteiger partial charge on any atom is -0.375 e. The molecule has 0 aliphatic rings. The molecule has 0 radical (unpaired) electrons. The van der Waals surface area contributed by atoms with Gasteiger partial charge in [-0.05, 0) is 32.3 Å². The number of nitrogens with zero attached hydrogens (tertiary/aromatic N) is 2. The van der Waals surface area contributed by atoms with Crippen molar-refractivity contribution in [2.45, 2.75) is 32.7 Å². The van der Waals surface area contributed by atoms with E-state index in [0.29, 0.717) is 18.9 Å². The smallest absolute Gasteiger partial charge is 0.103 e. The maximum absolute atomic E-state index is 5.54. The highest BCUT2D eigenvalue weighted by atomic mass is 16.5. The first-order chi connectivity index (χ1) is 9.22. The molecule has 0 aliphatic carbocycles. The third-order valence-corrected chi connectivity index (χ3v) is 2.53. The molecular weight excluding hydrogens is 238 g/mol. The Hall–Kier alpha value is -1.68. The number of nitrogens with two attached hydrogens (primary N) is 1. The van der Waals surface area contributed by atoms with Crippen molar-refractivity contribution in [2.24, 2.45) is 15.9 Å². The van der Waals surface area contributed by atoms with Gasteiger partial charge in [0, 0.05) is 18.9 Å². The molecule has 0 aliphatic heterocycles. The number of hydrogen-bond acceptors (Lipinski definition) is 4. The molecule has 4 heteroatoms. The summed E-state index contributed by atoms with van der Waals surface area (Å²) in [7, 11) is 0. The van der Waals surface area contributed by atoms with Gasteiger partial charge in [0.25, 0.3) is 0 Å². The lowest BCUT2D eigenvalue weighted by atomic mass is 10.1. The molecule has 0 fully saturated rings. The standard InChI is InChI=1S/C15H23N3O/c1-13(2)17-11-15(18-16)12-19-10-6-9-14-7-4-3-5-8-14/h3-5,7-8,11,13H,6,9-10,12,16H2,1-2H3/b17-11?,18-15+. The molecule has 0 spiro atoms. The minimum atomic E-state index is 0.245. The molecule has 1 rings (SSSR count).